The van der Waals surface area contributed by atoms with Crippen LogP contribution in [0.3, 0.4) is 0 Å². The molecule has 0 atom stereocenters. The predicted octanol–water partition coefficient (Wildman–Crippen LogP) is 4.61. The van der Waals surface area contributed by atoms with E-state index in [0.29, 0.717) is 26.1 Å². The number of hydrogen-bond acceptors (Lipinski definition) is 4. The molecule has 188 valence electrons. The number of para-hydroxylation sites is 1. The molecule has 4 rings (SSSR count). The summed E-state index contributed by atoms with van der Waals surface area (Å²) >= 11 is 0. The number of fused-ring (bicyclic) bond motifs is 1. The molecule has 0 unspecified atom stereocenters. The molecule has 0 radical (unpaired) electrons. The van der Waals surface area contributed by atoms with Gasteiger partial charge in [-0.3, -0.25) is 19.5 Å². The fourth-order valence-electron chi connectivity index (χ4n) is 4.86. The molecule has 3 aromatic rings. The van der Waals surface area contributed by atoms with Crippen LogP contribution in [0.15, 0.2) is 72.9 Å². The number of amides is 2. The first-order valence-corrected chi connectivity index (χ1v) is 12.8. The molecule has 0 spiro atoms. The van der Waals surface area contributed by atoms with Crippen LogP contribution in [0.4, 0.5) is 5.69 Å². The van der Waals surface area contributed by atoms with Gasteiger partial charge in [-0.05, 0) is 54.7 Å². The number of hydrogen-bond donors (Lipinski definition) is 0. The maximum Gasteiger partial charge on any atom is 0.227 e. The van der Waals surface area contributed by atoms with Gasteiger partial charge in [-0.2, -0.15) is 0 Å². The van der Waals surface area contributed by atoms with Crippen LogP contribution in [0.25, 0.3) is 0 Å². The van der Waals surface area contributed by atoms with Crippen LogP contribution in [-0.4, -0.2) is 52.8 Å². The SMILES string of the molecule is CC(=O)N1CCCN(Cc2ccccn2)CCCN(C(=O)Cc2ccccc2C)Cc2ccccc21. The molecule has 1 aliphatic heterocycles. The quantitative estimate of drug-likeness (QED) is 0.543. The number of carbonyl (C=O) groups excluding carboxylic acids is 2. The lowest BCUT2D eigenvalue weighted by molar-refractivity contribution is -0.131. The van der Waals surface area contributed by atoms with Gasteiger partial charge in [0.25, 0.3) is 0 Å². The molecule has 0 saturated heterocycles. The largest absolute Gasteiger partial charge is 0.338 e. The van der Waals surface area contributed by atoms with Gasteiger partial charge >= 0.3 is 0 Å². The number of aromatic nitrogens is 1. The first-order chi connectivity index (χ1) is 17.5. The smallest absolute Gasteiger partial charge is 0.227 e. The number of pyridine rings is 1. The number of anilines is 1. The number of carbonyl (C=O) groups is 2. The zero-order chi connectivity index (χ0) is 25.3. The van der Waals surface area contributed by atoms with Gasteiger partial charge < -0.3 is 9.80 Å². The van der Waals surface area contributed by atoms with Crippen LogP contribution >= 0.6 is 0 Å². The van der Waals surface area contributed by atoms with E-state index in [-0.39, 0.29) is 11.8 Å². The lowest BCUT2D eigenvalue weighted by atomic mass is 10.0. The van der Waals surface area contributed by atoms with Crippen molar-refractivity contribution in [2.45, 2.75) is 46.2 Å². The van der Waals surface area contributed by atoms with Crippen molar-refractivity contribution in [2.75, 3.05) is 31.1 Å². The maximum atomic E-state index is 13.6. The molecule has 0 N–H and O–H groups in total. The van der Waals surface area contributed by atoms with Crippen LogP contribution in [-0.2, 0) is 29.1 Å². The van der Waals surface area contributed by atoms with Gasteiger partial charge in [0.05, 0.1) is 12.1 Å². The molecule has 1 aromatic heterocycles. The molecule has 6 nitrogen and oxygen atoms in total. The van der Waals surface area contributed by atoms with Gasteiger partial charge in [0.1, 0.15) is 0 Å². The van der Waals surface area contributed by atoms with Crippen molar-refractivity contribution in [3.05, 3.63) is 95.3 Å². The van der Waals surface area contributed by atoms with Gasteiger partial charge in [0.2, 0.25) is 11.8 Å². The normalized spacial score (nSPS) is 15.5. The fraction of sp³-hybridized carbons (Fsp3) is 0.367. The van der Waals surface area contributed by atoms with Gasteiger partial charge in [-0.15, -0.1) is 0 Å². The van der Waals surface area contributed by atoms with E-state index in [0.717, 1.165) is 60.5 Å². The van der Waals surface area contributed by atoms with Gasteiger partial charge in [0.15, 0.2) is 0 Å². The number of rotatable bonds is 4. The monoisotopic (exact) mass is 484 g/mol. The Morgan fingerprint density at radius 1 is 0.861 bits per heavy atom. The minimum Gasteiger partial charge on any atom is -0.338 e. The first-order valence-electron chi connectivity index (χ1n) is 12.8. The second kappa shape index (κ2) is 12.5. The van der Waals surface area contributed by atoms with Crippen molar-refractivity contribution in [1.82, 2.24) is 14.8 Å². The van der Waals surface area contributed by atoms with Gasteiger partial charge in [0, 0.05) is 58.1 Å². The molecular weight excluding hydrogens is 448 g/mol. The van der Waals surface area contributed by atoms with Crippen molar-refractivity contribution in [2.24, 2.45) is 0 Å². The highest BCUT2D eigenvalue weighted by atomic mass is 16.2. The number of nitrogens with zero attached hydrogens (tertiary/aromatic N) is 4. The second-order valence-corrected chi connectivity index (χ2v) is 9.52. The van der Waals surface area contributed by atoms with Crippen molar-refractivity contribution in [3.8, 4) is 0 Å². The Kier molecular flexibility index (Phi) is 8.85. The Labute approximate surface area is 214 Å². The van der Waals surface area contributed by atoms with Crippen LogP contribution in [0.2, 0.25) is 0 Å². The average molecular weight is 485 g/mol. The van der Waals surface area contributed by atoms with Gasteiger partial charge in [-0.1, -0.05) is 48.5 Å². The van der Waals surface area contributed by atoms with Crippen molar-refractivity contribution >= 4 is 17.5 Å². The highest BCUT2D eigenvalue weighted by Crippen LogP contribution is 2.24. The minimum absolute atomic E-state index is 0.0218. The molecule has 1 aliphatic rings. The Morgan fingerprint density at radius 3 is 2.33 bits per heavy atom. The lowest BCUT2D eigenvalue weighted by Gasteiger charge is -2.31. The lowest BCUT2D eigenvalue weighted by Crippen LogP contribution is -2.38. The summed E-state index contributed by atoms with van der Waals surface area (Å²) in [6, 6.07) is 22.1. The van der Waals surface area contributed by atoms with Crippen LogP contribution in [0.5, 0.6) is 0 Å². The third-order valence-corrected chi connectivity index (χ3v) is 6.85. The molecule has 0 aliphatic carbocycles. The summed E-state index contributed by atoms with van der Waals surface area (Å²) in [6.45, 7) is 7.95. The van der Waals surface area contributed by atoms with E-state index in [1.165, 1.54) is 0 Å². The van der Waals surface area contributed by atoms with Crippen LogP contribution in [0, 0.1) is 6.92 Å². The van der Waals surface area contributed by atoms with Crippen molar-refractivity contribution in [3.63, 3.8) is 0 Å². The van der Waals surface area contributed by atoms with E-state index in [1.807, 2.05) is 76.7 Å². The summed E-state index contributed by atoms with van der Waals surface area (Å²) in [5.41, 5.74) is 5.13. The highest BCUT2D eigenvalue weighted by molar-refractivity contribution is 5.92. The van der Waals surface area contributed by atoms with Crippen LogP contribution in [0.1, 0.15) is 42.1 Å². The molecule has 6 heteroatoms. The molecule has 0 saturated carbocycles. The molecular formula is C30H36N4O2. The van der Waals surface area contributed by atoms with Gasteiger partial charge in [-0.25, -0.2) is 0 Å². The van der Waals surface area contributed by atoms with E-state index in [9.17, 15) is 9.59 Å². The van der Waals surface area contributed by atoms with Crippen molar-refractivity contribution < 1.29 is 9.59 Å². The van der Waals surface area contributed by atoms with Crippen LogP contribution < -0.4 is 4.90 Å². The molecule has 2 heterocycles. The van der Waals surface area contributed by atoms with E-state index in [4.69, 9.17) is 0 Å². The second-order valence-electron chi connectivity index (χ2n) is 9.52. The Bertz CT molecular complexity index is 1160. The molecule has 0 fully saturated rings. The topological polar surface area (TPSA) is 56.8 Å². The Hall–Kier alpha value is -3.51. The summed E-state index contributed by atoms with van der Waals surface area (Å²) in [7, 11) is 0. The van der Waals surface area contributed by atoms with E-state index in [1.54, 1.807) is 6.92 Å². The molecule has 0 bridgehead atoms. The summed E-state index contributed by atoms with van der Waals surface area (Å²) in [5.74, 6) is 0.135. The zero-order valence-electron chi connectivity index (χ0n) is 21.4. The summed E-state index contributed by atoms with van der Waals surface area (Å²) < 4.78 is 0. The fourth-order valence-corrected chi connectivity index (χ4v) is 4.86. The number of benzene rings is 2. The van der Waals surface area contributed by atoms with Crippen molar-refractivity contribution in [1.29, 1.82) is 0 Å². The summed E-state index contributed by atoms with van der Waals surface area (Å²) in [6.07, 6.45) is 3.96. The highest BCUT2D eigenvalue weighted by Gasteiger charge is 2.22. The summed E-state index contributed by atoms with van der Waals surface area (Å²) in [5, 5.41) is 0. The standard InChI is InChI=1S/C30H36N4O2/c1-24-11-3-4-12-26(24)21-30(36)33-19-9-17-32(23-28-14-7-8-16-31-28)18-10-20-34(25(2)35)29-15-6-5-13-27(29)22-33/h3-8,11-16H,9-10,17-23H2,1-2H3. The first kappa shape index (κ1) is 25.6. The third kappa shape index (κ3) is 6.79. The maximum absolute atomic E-state index is 13.6. The van der Waals surface area contributed by atoms with E-state index < -0.39 is 0 Å². The third-order valence-electron chi connectivity index (χ3n) is 6.85. The molecule has 2 aromatic carbocycles. The predicted molar refractivity (Wildman–Crippen MR) is 144 cm³/mol. The van der Waals surface area contributed by atoms with E-state index in [2.05, 4.69) is 22.9 Å². The molecule has 2 amide bonds. The summed E-state index contributed by atoms with van der Waals surface area (Å²) in [4.78, 5) is 36.9. The number of aryl methyl sites for hydroxylation is 1. The zero-order valence-corrected chi connectivity index (χ0v) is 21.4. The Morgan fingerprint density at radius 2 is 1.58 bits per heavy atom. The average Bonchev–Trinajstić information content (AvgIpc) is 2.87. The van der Waals surface area contributed by atoms with E-state index >= 15 is 0 Å². The molecule has 36 heavy (non-hydrogen) atoms. The minimum atomic E-state index is 0.0218. The Balaban J connectivity index is 1.60.